The van der Waals surface area contributed by atoms with Gasteiger partial charge in [-0.05, 0) is 31.0 Å². The molecule has 0 N–H and O–H groups in total. The number of nitrogens with zero attached hydrogens (tertiary/aromatic N) is 3. The average Bonchev–Trinajstić information content (AvgIpc) is 2.92. The Kier molecular flexibility index (Phi) is 4.72. The molecule has 0 aliphatic carbocycles. The Morgan fingerprint density at radius 3 is 2.58 bits per heavy atom. The summed E-state index contributed by atoms with van der Waals surface area (Å²) in [5, 5.41) is 0. The van der Waals surface area contributed by atoms with Crippen LogP contribution in [-0.2, 0) is 27.8 Å². The predicted molar refractivity (Wildman–Crippen MR) is 98.7 cm³/mol. The molecule has 0 bridgehead atoms. The molecule has 1 aromatic heterocycles. The summed E-state index contributed by atoms with van der Waals surface area (Å²) in [6.45, 7) is 1.74. The molecule has 1 amide bonds. The molecule has 3 rings (SSSR count). The number of carbonyl (C=O) groups is 1. The summed E-state index contributed by atoms with van der Waals surface area (Å²) in [7, 11) is -0.851. The van der Waals surface area contributed by atoms with Gasteiger partial charge in [-0.1, -0.05) is 18.2 Å². The van der Waals surface area contributed by atoms with E-state index in [9.17, 15) is 18.0 Å². The topological polar surface area (TPSA) is 79.7 Å². The Hall–Kier alpha value is -2.45. The Balaban J connectivity index is 1.92. The second kappa shape index (κ2) is 6.69. The van der Waals surface area contributed by atoms with Gasteiger partial charge in [0.15, 0.2) is 0 Å². The Morgan fingerprint density at radius 1 is 1.19 bits per heavy atom. The molecular formula is C18H21N3O4S. The molecule has 0 radical (unpaired) electrons. The van der Waals surface area contributed by atoms with Crippen LogP contribution >= 0.6 is 0 Å². The van der Waals surface area contributed by atoms with E-state index in [4.69, 9.17) is 0 Å². The summed E-state index contributed by atoms with van der Waals surface area (Å²) in [5.41, 5.74) is 1.51. The van der Waals surface area contributed by atoms with Crippen molar-refractivity contribution in [1.29, 1.82) is 0 Å². The summed E-state index contributed by atoms with van der Waals surface area (Å²) >= 11 is 0. The highest BCUT2D eigenvalue weighted by atomic mass is 32.2. The molecule has 1 aliphatic rings. The standard InChI is InChI=1S/C18H21N3O4S/c1-13-10-14-6-4-5-7-16(14)21(13)18(23)12-20-11-15(8-9-17(20)22)26(24,25)19(2)3/h4-9,11,13H,10,12H2,1-3H3/t13-/m1/s1. The number of fused-ring (bicyclic) bond motifs is 1. The van der Waals surface area contributed by atoms with Crippen LogP contribution < -0.4 is 10.5 Å². The van der Waals surface area contributed by atoms with Crippen LogP contribution in [0.2, 0.25) is 0 Å². The summed E-state index contributed by atoms with van der Waals surface area (Å²) in [6.07, 6.45) is 1.98. The van der Waals surface area contributed by atoms with Gasteiger partial charge in [-0.25, -0.2) is 12.7 Å². The van der Waals surface area contributed by atoms with Crippen LogP contribution in [-0.4, -0.2) is 43.3 Å². The Bertz CT molecular complexity index is 1010. The van der Waals surface area contributed by atoms with Crippen molar-refractivity contribution < 1.29 is 13.2 Å². The zero-order chi connectivity index (χ0) is 19.1. The number of hydrogen-bond acceptors (Lipinski definition) is 4. The molecule has 7 nitrogen and oxygen atoms in total. The molecule has 8 heteroatoms. The van der Waals surface area contributed by atoms with Crippen molar-refractivity contribution in [2.45, 2.75) is 30.8 Å². The lowest BCUT2D eigenvalue weighted by Gasteiger charge is -2.23. The van der Waals surface area contributed by atoms with Crippen LogP contribution in [0.5, 0.6) is 0 Å². The largest absolute Gasteiger partial charge is 0.307 e. The fourth-order valence-corrected chi connectivity index (χ4v) is 4.09. The van der Waals surface area contributed by atoms with Gasteiger partial charge in [0, 0.05) is 38.1 Å². The number of anilines is 1. The maximum Gasteiger partial charge on any atom is 0.251 e. The van der Waals surface area contributed by atoms with E-state index in [1.165, 1.54) is 32.4 Å². The number of hydrogen-bond donors (Lipinski definition) is 0. The fourth-order valence-electron chi connectivity index (χ4n) is 3.16. The molecule has 0 saturated carbocycles. The summed E-state index contributed by atoms with van der Waals surface area (Å²) in [4.78, 5) is 26.6. The van der Waals surface area contributed by atoms with Gasteiger partial charge in [0.1, 0.15) is 6.54 Å². The van der Waals surface area contributed by atoms with Crippen molar-refractivity contribution in [2.75, 3.05) is 19.0 Å². The van der Waals surface area contributed by atoms with Gasteiger partial charge >= 0.3 is 0 Å². The Labute approximate surface area is 152 Å². The lowest BCUT2D eigenvalue weighted by molar-refractivity contribution is -0.119. The minimum Gasteiger partial charge on any atom is -0.307 e. The summed E-state index contributed by atoms with van der Waals surface area (Å²) < 4.78 is 26.7. The molecule has 1 atom stereocenters. The average molecular weight is 375 g/mol. The zero-order valence-electron chi connectivity index (χ0n) is 14.9. The molecule has 0 unspecified atom stereocenters. The number of carbonyl (C=O) groups excluding carboxylic acids is 1. The fraction of sp³-hybridized carbons (Fsp3) is 0.333. The van der Waals surface area contributed by atoms with E-state index in [1.54, 1.807) is 4.90 Å². The van der Waals surface area contributed by atoms with Gasteiger partial charge in [0.2, 0.25) is 15.9 Å². The first-order valence-electron chi connectivity index (χ1n) is 8.25. The summed E-state index contributed by atoms with van der Waals surface area (Å²) in [6, 6.07) is 10.1. The van der Waals surface area contributed by atoms with Gasteiger partial charge in [0.05, 0.1) is 4.90 Å². The molecule has 26 heavy (non-hydrogen) atoms. The number of aromatic nitrogens is 1. The summed E-state index contributed by atoms with van der Waals surface area (Å²) in [5.74, 6) is -0.246. The third-order valence-corrected chi connectivity index (χ3v) is 6.32. The molecule has 0 spiro atoms. The molecule has 138 valence electrons. The van der Waals surface area contributed by atoms with Crippen molar-refractivity contribution in [2.24, 2.45) is 0 Å². The van der Waals surface area contributed by atoms with Gasteiger partial charge in [-0.2, -0.15) is 0 Å². The van der Waals surface area contributed by atoms with Crippen LogP contribution in [0.4, 0.5) is 5.69 Å². The van der Waals surface area contributed by atoms with Crippen LogP contribution in [0, 0.1) is 0 Å². The molecule has 0 saturated heterocycles. The van der Waals surface area contributed by atoms with Crippen molar-refractivity contribution >= 4 is 21.6 Å². The Morgan fingerprint density at radius 2 is 1.88 bits per heavy atom. The van der Waals surface area contributed by atoms with E-state index in [2.05, 4.69) is 0 Å². The van der Waals surface area contributed by atoms with Crippen LogP contribution in [0.15, 0.2) is 52.3 Å². The van der Waals surface area contributed by atoms with Crippen molar-refractivity contribution in [3.05, 3.63) is 58.5 Å². The third kappa shape index (κ3) is 3.17. The smallest absolute Gasteiger partial charge is 0.251 e. The van der Waals surface area contributed by atoms with Gasteiger partial charge in [0.25, 0.3) is 5.56 Å². The van der Waals surface area contributed by atoms with E-state index in [0.717, 1.165) is 26.5 Å². The number of rotatable bonds is 4. The molecular weight excluding hydrogens is 354 g/mol. The lowest BCUT2D eigenvalue weighted by atomic mass is 10.1. The highest BCUT2D eigenvalue weighted by Gasteiger charge is 2.30. The zero-order valence-corrected chi connectivity index (χ0v) is 15.7. The maximum atomic E-state index is 12.8. The lowest BCUT2D eigenvalue weighted by Crippen LogP contribution is -2.40. The first-order valence-corrected chi connectivity index (χ1v) is 9.69. The van der Waals surface area contributed by atoms with Gasteiger partial charge < -0.3 is 9.47 Å². The van der Waals surface area contributed by atoms with Gasteiger partial charge in [-0.3, -0.25) is 9.59 Å². The number of para-hydroxylation sites is 1. The van der Waals surface area contributed by atoms with E-state index in [0.29, 0.717) is 0 Å². The maximum absolute atomic E-state index is 12.8. The molecule has 2 aromatic rings. The molecule has 0 fully saturated rings. The first-order chi connectivity index (χ1) is 12.2. The highest BCUT2D eigenvalue weighted by Crippen LogP contribution is 2.31. The number of amides is 1. The quantitative estimate of drug-likeness (QED) is 0.801. The highest BCUT2D eigenvalue weighted by molar-refractivity contribution is 7.89. The second-order valence-corrected chi connectivity index (χ2v) is 8.72. The minimum absolute atomic E-state index is 0.00991. The minimum atomic E-state index is -3.68. The van der Waals surface area contributed by atoms with E-state index in [1.807, 2.05) is 31.2 Å². The normalized spacial score (nSPS) is 16.8. The van der Waals surface area contributed by atoms with E-state index in [-0.39, 0.29) is 23.4 Å². The molecule has 1 aromatic carbocycles. The first kappa shape index (κ1) is 18.3. The number of sulfonamides is 1. The predicted octanol–water partition coefficient (Wildman–Crippen LogP) is 1.08. The second-order valence-electron chi connectivity index (χ2n) is 6.56. The van der Waals surface area contributed by atoms with Crippen molar-refractivity contribution in [3.8, 4) is 0 Å². The van der Waals surface area contributed by atoms with E-state index < -0.39 is 15.6 Å². The van der Waals surface area contributed by atoms with Crippen molar-refractivity contribution in [3.63, 3.8) is 0 Å². The molecule has 2 heterocycles. The monoisotopic (exact) mass is 375 g/mol. The van der Waals surface area contributed by atoms with Crippen molar-refractivity contribution in [1.82, 2.24) is 8.87 Å². The SMILES string of the molecule is C[C@@H]1Cc2ccccc2N1C(=O)Cn1cc(S(=O)(=O)N(C)C)ccc1=O. The number of benzene rings is 1. The van der Waals surface area contributed by atoms with Crippen LogP contribution in [0.1, 0.15) is 12.5 Å². The van der Waals surface area contributed by atoms with Gasteiger partial charge in [-0.15, -0.1) is 0 Å². The van der Waals surface area contributed by atoms with E-state index >= 15 is 0 Å². The third-order valence-electron chi connectivity index (χ3n) is 4.52. The van der Waals surface area contributed by atoms with Crippen LogP contribution in [0.3, 0.4) is 0 Å². The number of pyridine rings is 1. The molecule has 1 aliphatic heterocycles. The van der Waals surface area contributed by atoms with Crippen LogP contribution in [0.25, 0.3) is 0 Å².